The molecule has 2 aliphatic rings. The van der Waals surface area contributed by atoms with Crippen LogP contribution < -0.4 is 0 Å². The molecule has 116 valence electrons. The molecular formula is C17H25BrN2O. The third-order valence-corrected chi connectivity index (χ3v) is 5.35. The summed E-state index contributed by atoms with van der Waals surface area (Å²) in [6.45, 7) is 7.10. The molecule has 3 nitrogen and oxygen atoms in total. The molecule has 0 bridgehead atoms. The number of piperidine rings is 1. The van der Waals surface area contributed by atoms with Gasteiger partial charge in [-0.05, 0) is 76.0 Å². The molecule has 0 unspecified atom stereocenters. The Hall–Kier alpha value is -0.580. The summed E-state index contributed by atoms with van der Waals surface area (Å²) in [5.74, 6) is 1.29. The van der Waals surface area contributed by atoms with Crippen molar-refractivity contribution in [1.29, 1.82) is 0 Å². The molecule has 1 aromatic rings. The number of phenols is 1. The van der Waals surface area contributed by atoms with Gasteiger partial charge in [0.15, 0.2) is 0 Å². The van der Waals surface area contributed by atoms with Crippen LogP contribution in [0.5, 0.6) is 5.75 Å². The first-order chi connectivity index (χ1) is 10.2. The number of halogens is 1. The lowest BCUT2D eigenvalue weighted by Gasteiger charge is -2.34. The van der Waals surface area contributed by atoms with Gasteiger partial charge in [0.25, 0.3) is 0 Å². The SMILES string of the molecule is Oc1ccc(Br)cc1CN1CCC(CN2CCCC2)CC1. The van der Waals surface area contributed by atoms with Crippen molar-refractivity contribution in [3.8, 4) is 5.75 Å². The second-order valence-electron chi connectivity index (χ2n) is 6.50. The topological polar surface area (TPSA) is 26.7 Å². The second kappa shape index (κ2) is 7.12. The number of aromatic hydroxyl groups is 1. The van der Waals surface area contributed by atoms with Crippen LogP contribution in [0, 0.1) is 5.92 Å². The maximum absolute atomic E-state index is 9.95. The highest BCUT2D eigenvalue weighted by atomic mass is 79.9. The van der Waals surface area contributed by atoms with Crippen LogP contribution >= 0.6 is 15.9 Å². The lowest BCUT2D eigenvalue weighted by molar-refractivity contribution is 0.148. The lowest BCUT2D eigenvalue weighted by Crippen LogP contribution is -2.37. The Kier molecular flexibility index (Phi) is 5.19. The van der Waals surface area contributed by atoms with Gasteiger partial charge in [0.05, 0.1) is 0 Å². The number of hydrogen-bond acceptors (Lipinski definition) is 3. The van der Waals surface area contributed by atoms with E-state index in [9.17, 15) is 5.11 Å². The Morgan fingerprint density at radius 2 is 1.76 bits per heavy atom. The molecule has 1 N–H and O–H groups in total. The maximum Gasteiger partial charge on any atom is 0.120 e. The van der Waals surface area contributed by atoms with Gasteiger partial charge in [0.1, 0.15) is 5.75 Å². The molecule has 0 aliphatic carbocycles. The summed E-state index contributed by atoms with van der Waals surface area (Å²) in [6, 6.07) is 5.70. The number of phenolic OH excluding ortho intramolecular Hbond substituents is 1. The summed E-state index contributed by atoms with van der Waals surface area (Å²) in [4.78, 5) is 5.11. The van der Waals surface area contributed by atoms with Crippen molar-refractivity contribution < 1.29 is 5.11 Å². The van der Waals surface area contributed by atoms with Crippen LogP contribution in [0.2, 0.25) is 0 Å². The van der Waals surface area contributed by atoms with E-state index in [2.05, 4.69) is 25.7 Å². The van der Waals surface area contributed by atoms with Crippen LogP contribution in [-0.2, 0) is 6.54 Å². The number of hydrogen-bond donors (Lipinski definition) is 1. The van der Waals surface area contributed by atoms with Gasteiger partial charge < -0.3 is 10.0 Å². The highest BCUT2D eigenvalue weighted by Gasteiger charge is 2.23. The molecule has 2 fully saturated rings. The fourth-order valence-electron chi connectivity index (χ4n) is 3.58. The van der Waals surface area contributed by atoms with Gasteiger partial charge in [-0.25, -0.2) is 0 Å². The van der Waals surface area contributed by atoms with Crippen molar-refractivity contribution in [3.05, 3.63) is 28.2 Å². The second-order valence-corrected chi connectivity index (χ2v) is 7.42. The molecule has 0 aromatic heterocycles. The molecule has 4 heteroatoms. The summed E-state index contributed by atoms with van der Waals surface area (Å²) < 4.78 is 1.04. The molecule has 2 heterocycles. The van der Waals surface area contributed by atoms with Crippen molar-refractivity contribution in [3.63, 3.8) is 0 Å². The van der Waals surface area contributed by atoms with E-state index in [4.69, 9.17) is 0 Å². The van der Waals surface area contributed by atoms with Crippen LogP contribution in [0.25, 0.3) is 0 Å². The van der Waals surface area contributed by atoms with Crippen molar-refractivity contribution in [2.45, 2.75) is 32.2 Å². The minimum Gasteiger partial charge on any atom is -0.508 e. The maximum atomic E-state index is 9.95. The predicted octanol–water partition coefficient (Wildman–Crippen LogP) is 3.46. The fourth-order valence-corrected chi connectivity index (χ4v) is 3.99. The number of rotatable bonds is 4. The van der Waals surface area contributed by atoms with Gasteiger partial charge in [0.2, 0.25) is 0 Å². The Bertz CT molecular complexity index is 466. The zero-order chi connectivity index (χ0) is 14.7. The fraction of sp³-hybridized carbons (Fsp3) is 0.647. The molecule has 21 heavy (non-hydrogen) atoms. The van der Waals surface area contributed by atoms with E-state index in [1.54, 1.807) is 6.07 Å². The minimum atomic E-state index is 0.414. The van der Waals surface area contributed by atoms with E-state index in [-0.39, 0.29) is 0 Å². The summed E-state index contributed by atoms with van der Waals surface area (Å²) in [6.07, 6.45) is 5.37. The van der Waals surface area contributed by atoms with Crippen molar-refractivity contribution >= 4 is 15.9 Å². The highest BCUT2D eigenvalue weighted by molar-refractivity contribution is 9.10. The standard InChI is InChI=1S/C17H25BrN2O/c18-16-3-4-17(21)15(11-16)13-20-9-5-14(6-10-20)12-19-7-1-2-8-19/h3-4,11,14,21H,1-2,5-10,12-13H2. The quantitative estimate of drug-likeness (QED) is 0.898. The predicted molar refractivity (Wildman–Crippen MR) is 89.5 cm³/mol. The average molecular weight is 353 g/mol. The molecule has 1 aromatic carbocycles. The number of benzene rings is 1. The average Bonchev–Trinajstić information content (AvgIpc) is 2.98. The third-order valence-electron chi connectivity index (χ3n) is 4.86. The smallest absolute Gasteiger partial charge is 0.120 e. The molecule has 2 saturated heterocycles. The van der Waals surface area contributed by atoms with E-state index in [1.165, 1.54) is 45.3 Å². The Labute approximate surface area is 136 Å². The first-order valence-electron chi connectivity index (χ1n) is 8.13. The molecule has 0 spiro atoms. The molecule has 0 saturated carbocycles. The number of nitrogens with zero attached hydrogens (tertiary/aromatic N) is 2. The van der Waals surface area contributed by atoms with E-state index >= 15 is 0 Å². The molecule has 0 atom stereocenters. The summed E-state index contributed by atoms with van der Waals surface area (Å²) in [5, 5.41) is 9.95. The van der Waals surface area contributed by atoms with Crippen molar-refractivity contribution in [1.82, 2.24) is 9.80 Å². The highest BCUT2D eigenvalue weighted by Crippen LogP contribution is 2.26. The van der Waals surface area contributed by atoms with Gasteiger partial charge in [-0.3, -0.25) is 4.90 Å². The first-order valence-corrected chi connectivity index (χ1v) is 8.92. The van der Waals surface area contributed by atoms with Crippen molar-refractivity contribution in [2.75, 3.05) is 32.7 Å². The van der Waals surface area contributed by atoms with Crippen LogP contribution in [-0.4, -0.2) is 47.6 Å². The largest absolute Gasteiger partial charge is 0.508 e. The zero-order valence-corrected chi connectivity index (χ0v) is 14.2. The molecule has 2 aliphatic heterocycles. The zero-order valence-electron chi connectivity index (χ0n) is 12.6. The molecule has 3 rings (SSSR count). The van der Waals surface area contributed by atoms with E-state index < -0.39 is 0 Å². The number of likely N-dealkylation sites (tertiary alicyclic amines) is 2. The summed E-state index contributed by atoms with van der Waals surface area (Å²) in [7, 11) is 0. The van der Waals surface area contributed by atoms with Crippen LogP contribution in [0.1, 0.15) is 31.2 Å². The van der Waals surface area contributed by atoms with Gasteiger partial charge in [-0.2, -0.15) is 0 Å². The summed E-state index contributed by atoms with van der Waals surface area (Å²) in [5.41, 5.74) is 1.03. The minimum absolute atomic E-state index is 0.414. The van der Waals surface area contributed by atoms with Gasteiger partial charge in [0, 0.05) is 23.1 Å². The Morgan fingerprint density at radius 1 is 1.05 bits per heavy atom. The van der Waals surface area contributed by atoms with Gasteiger partial charge >= 0.3 is 0 Å². The van der Waals surface area contributed by atoms with Crippen LogP contribution in [0.4, 0.5) is 0 Å². The molecule has 0 amide bonds. The van der Waals surface area contributed by atoms with Crippen LogP contribution in [0.15, 0.2) is 22.7 Å². The lowest BCUT2D eigenvalue weighted by atomic mass is 9.96. The first kappa shape index (κ1) is 15.3. The Balaban J connectivity index is 1.48. The molecular weight excluding hydrogens is 328 g/mol. The van der Waals surface area contributed by atoms with E-state index in [0.717, 1.165) is 35.6 Å². The Morgan fingerprint density at radius 3 is 2.48 bits per heavy atom. The monoisotopic (exact) mass is 352 g/mol. The van der Waals surface area contributed by atoms with Gasteiger partial charge in [-0.1, -0.05) is 15.9 Å². The summed E-state index contributed by atoms with van der Waals surface area (Å²) >= 11 is 3.48. The van der Waals surface area contributed by atoms with E-state index in [1.807, 2.05) is 12.1 Å². The van der Waals surface area contributed by atoms with Crippen molar-refractivity contribution in [2.24, 2.45) is 5.92 Å². The van der Waals surface area contributed by atoms with Crippen LogP contribution in [0.3, 0.4) is 0 Å². The van der Waals surface area contributed by atoms with E-state index in [0.29, 0.717) is 5.75 Å². The van der Waals surface area contributed by atoms with Gasteiger partial charge in [-0.15, -0.1) is 0 Å². The normalized spacial score (nSPS) is 22.0. The molecule has 0 radical (unpaired) electrons. The third kappa shape index (κ3) is 4.21.